The van der Waals surface area contributed by atoms with Crippen molar-refractivity contribution in [1.29, 1.82) is 0 Å². The minimum absolute atomic E-state index is 0.0116. The van der Waals surface area contributed by atoms with Crippen molar-refractivity contribution in [3.63, 3.8) is 0 Å². The lowest BCUT2D eigenvalue weighted by atomic mass is 10.0. The molecule has 1 N–H and O–H groups in total. The molecule has 3 heteroatoms. The van der Waals surface area contributed by atoms with Crippen LogP contribution >= 0.6 is 0 Å². The molecule has 0 heterocycles. The van der Waals surface area contributed by atoms with Gasteiger partial charge < -0.3 is 10.1 Å². The highest BCUT2D eigenvalue weighted by atomic mass is 16.1. The molecular weight excluding hydrogens is 190 g/mol. The molecule has 15 heavy (non-hydrogen) atoms. The summed E-state index contributed by atoms with van der Waals surface area (Å²) in [7, 11) is 0. The average molecular weight is 205 g/mol. The van der Waals surface area contributed by atoms with Crippen molar-refractivity contribution in [3.05, 3.63) is 29.8 Å². The van der Waals surface area contributed by atoms with Gasteiger partial charge in [-0.15, -0.1) is 0 Å². The number of aldehydes is 1. The zero-order chi connectivity index (χ0) is 11.3. The van der Waals surface area contributed by atoms with Crippen molar-refractivity contribution < 1.29 is 9.59 Å². The van der Waals surface area contributed by atoms with E-state index in [1.807, 2.05) is 31.2 Å². The van der Waals surface area contributed by atoms with Crippen LogP contribution in [0.25, 0.3) is 0 Å². The third-order valence-corrected chi connectivity index (χ3v) is 2.04. The Morgan fingerprint density at radius 1 is 1.53 bits per heavy atom. The van der Waals surface area contributed by atoms with E-state index in [-0.39, 0.29) is 11.8 Å². The Balaban J connectivity index is 2.73. The fourth-order valence-electron chi connectivity index (χ4n) is 1.40. The summed E-state index contributed by atoms with van der Waals surface area (Å²) in [6.45, 7) is 3.35. The molecule has 1 amide bonds. The number of anilines is 1. The molecule has 0 spiro atoms. The molecule has 1 aromatic rings. The Morgan fingerprint density at radius 3 is 2.87 bits per heavy atom. The number of nitrogens with one attached hydrogen (secondary N) is 1. The van der Waals surface area contributed by atoms with Crippen molar-refractivity contribution in [2.45, 2.75) is 20.3 Å². The summed E-state index contributed by atoms with van der Waals surface area (Å²) >= 11 is 0. The van der Waals surface area contributed by atoms with Crippen molar-refractivity contribution >= 4 is 17.9 Å². The van der Waals surface area contributed by atoms with Gasteiger partial charge in [-0.05, 0) is 24.1 Å². The molecule has 0 aliphatic heterocycles. The molecule has 1 atom stereocenters. The highest BCUT2D eigenvalue weighted by molar-refractivity contribution is 5.88. The smallest absolute Gasteiger partial charge is 0.221 e. The summed E-state index contributed by atoms with van der Waals surface area (Å²) in [5.74, 6) is -0.0758. The molecule has 0 unspecified atom stereocenters. The van der Waals surface area contributed by atoms with Gasteiger partial charge in [0.1, 0.15) is 6.29 Å². The van der Waals surface area contributed by atoms with Crippen LogP contribution < -0.4 is 5.32 Å². The van der Waals surface area contributed by atoms with Gasteiger partial charge in [0.25, 0.3) is 0 Å². The van der Waals surface area contributed by atoms with E-state index in [4.69, 9.17) is 0 Å². The summed E-state index contributed by atoms with van der Waals surface area (Å²) < 4.78 is 0. The summed E-state index contributed by atoms with van der Waals surface area (Å²) in [6, 6.07) is 7.54. The quantitative estimate of drug-likeness (QED) is 0.764. The van der Waals surface area contributed by atoms with E-state index < -0.39 is 0 Å². The Morgan fingerprint density at radius 2 is 2.27 bits per heavy atom. The Labute approximate surface area is 89.5 Å². The van der Waals surface area contributed by atoms with Crippen LogP contribution in [0.2, 0.25) is 0 Å². The van der Waals surface area contributed by atoms with Crippen molar-refractivity contribution in [2.75, 3.05) is 5.32 Å². The summed E-state index contributed by atoms with van der Waals surface area (Å²) in [5, 5.41) is 2.71. The SMILES string of the molecule is CC(=O)Nc1cccc(C[C@@H](C)C=O)c1. The Kier molecular flexibility index (Phi) is 4.03. The van der Waals surface area contributed by atoms with E-state index in [2.05, 4.69) is 5.32 Å². The van der Waals surface area contributed by atoms with Gasteiger partial charge in [0.15, 0.2) is 0 Å². The maximum absolute atomic E-state index is 10.8. The first-order chi connectivity index (χ1) is 7.11. The summed E-state index contributed by atoms with van der Waals surface area (Å²) in [4.78, 5) is 21.3. The highest BCUT2D eigenvalue weighted by Gasteiger charge is 2.03. The number of carbonyl (C=O) groups excluding carboxylic acids is 2. The topological polar surface area (TPSA) is 46.2 Å². The van der Waals surface area contributed by atoms with E-state index in [1.54, 1.807) is 0 Å². The van der Waals surface area contributed by atoms with Crippen molar-refractivity contribution in [2.24, 2.45) is 5.92 Å². The van der Waals surface area contributed by atoms with Crippen LogP contribution in [-0.4, -0.2) is 12.2 Å². The molecule has 1 aromatic carbocycles. The molecule has 0 aromatic heterocycles. The molecule has 3 nitrogen and oxygen atoms in total. The normalized spacial score (nSPS) is 11.9. The lowest BCUT2D eigenvalue weighted by Crippen LogP contribution is -2.06. The van der Waals surface area contributed by atoms with Crippen LogP contribution in [0.4, 0.5) is 5.69 Å². The first kappa shape index (κ1) is 11.4. The second-order valence-corrected chi connectivity index (χ2v) is 3.70. The van der Waals surface area contributed by atoms with Crippen LogP contribution in [0.15, 0.2) is 24.3 Å². The van der Waals surface area contributed by atoms with Crippen LogP contribution in [-0.2, 0) is 16.0 Å². The maximum Gasteiger partial charge on any atom is 0.221 e. The van der Waals surface area contributed by atoms with E-state index in [0.717, 1.165) is 17.5 Å². The standard InChI is InChI=1S/C12H15NO2/c1-9(8-14)6-11-4-3-5-12(7-11)13-10(2)15/h3-5,7-9H,6H2,1-2H3,(H,13,15)/t9-/m1/s1. The van der Waals surface area contributed by atoms with Crippen LogP contribution in [0.1, 0.15) is 19.4 Å². The molecule has 1 rings (SSSR count). The number of hydrogen-bond acceptors (Lipinski definition) is 2. The number of amides is 1. The lowest BCUT2D eigenvalue weighted by molar-refractivity contribution is -0.114. The van der Waals surface area contributed by atoms with Crippen LogP contribution in [0, 0.1) is 5.92 Å². The average Bonchev–Trinajstić information content (AvgIpc) is 2.17. The molecule has 0 bridgehead atoms. The van der Waals surface area contributed by atoms with Gasteiger partial charge in [0.2, 0.25) is 5.91 Å². The first-order valence-electron chi connectivity index (χ1n) is 4.93. The molecule has 0 saturated heterocycles. The van der Waals surface area contributed by atoms with Gasteiger partial charge >= 0.3 is 0 Å². The highest BCUT2D eigenvalue weighted by Crippen LogP contribution is 2.13. The van der Waals surface area contributed by atoms with Crippen molar-refractivity contribution in [3.8, 4) is 0 Å². The van der Waals surface area contributed by atoms with Gasteiger partial charge in [-0.2, -0.15) is 0 Å². The van der Waals surface area contributed by atoms with Gasteiger partial charge in [-0.25, -0.2) is 0 Å². The van der Waals surface area contributed by atoms with Gasteiger partial charge in [-0.3, -0.25) is 4.79 Å². The van der Waals surface area contributed by atoms with E-state index >= 15 is 0 Å². The first-order valence-corrected chi connectivity index (χ1v) is 4.93. The minimum Gasteiger partial charge on any atom is -0.326 e. The zero-order valence-electron chi connectivity index (χ0n) is 8.99. The van der Waals surface area contributed by atoms with Gasteiger partial charge in [-0.1, -0.05) is 19.1 Å². The number of benzene rings is 1. The van der Waals surface area contributed by atoms with E-state index in [9.17, 15) is 9.59 Å². The molecule has 0 fully saturated rings. The Hall–Kier alpha value is -1.64. The number of carbonyl (C=O) groups is 2. The molecular formula is C12H15NO2. The second kappa shape index (κ2) is 5.29. The fourth-order valence-corrected chi connectivity index (χ4v) is 1.40. The maximum atomic E-state index is 10.8. The second-order valence-electron chi connectivity index (χ2n) is 3.70. The van der Waals surface area contributed by atoms with E-state index in [0.29, 0.717) is 6.42 Å². The third-order valence-electron chi connectivity index (χ3n) is 2.04. The zero-order valence-corrected chi connectivity index (χ0v) is 8.99. The lowest BCUT2D eigenvalue weighted by Gasteiger charge is -2.06. The van der Waals surface area contributed by atoms with Crippen LogP contribution in [0.3, 0.4) is 0 Å². The van der Waals surface area contributed by atoms with E-state index in [1.165, 1.54) is 6.92 Å². The molecule has 0 aliphatic carbocycles. The third kappa shape index (κ3) is 3.94. The Bertz CT molecular complexity index is 360. The molecule has 0 aliphatic rings. The largest absolute Gasteiger partial charge is 0.326 e. The summed E-state index contributed by atoms with van der Waals surface area (Å²) in [6.07, 6.45) is 1.64. The van der Waals surface area contributed by atoms with Gasteiger partial charge in [0.05, 0.1) is 0 Å². The number of rotatable bonds is 4. The summed E-state index contributed by atoms with van der Waals surface area (Å²) in [5.41, 5.74) is 1.83. The van der Waals surface area contributed by atoms with Crippen LogP contribution in [0.5, 0.6) is 0 Å². The van der Waals surface area contributed by atoms with Gasteiger partial charge in [0, 0.05) is 18.5 Å². The molecule has 0 radical (unpaired) electrons. The predicted octanol–water partition coefficient (Wildman–Crippen LogP) is 2.02. The molecule has 0 saturated carbocycles. The monoisotopic (exact) mass is 205 g/mol. The number of hydrogen-bond donors (Lipinski definition) is 1. The fraction of sp³-hybridized carbons (Fsp3) is 0.333. The minimum atomic E-state index is -0.0874. The molecule has 80 valence electrons. The predicted molar refractivity (Wildman–Crippen MR) is 59.7 cm³/mol. The van der Waals surface area contributed by atoms with Crippen molar-refractivity contribution in [1.82, 2.24) is 0 Å².